The number of hydrogen-bond donors (Lipinski definition) is 3. The lowest BCUT2D eigenvalue weighted by atomic mass is 9.84. The number of methoxy groups -OCH3 is 1. The molecule has 1 saturated carbocycles. The van der Waals surface area contributed by atoms with Gasteiger partial charge in [0.2, 0.25) is 5.75 Å². The van der Waals surface area contributed by atoms with Crippen molar-refractivity contribution < 1.29 is 19.7 Å². The van der Waals surface area contributed by atoms with Gasteiger partial charge in [-0.15, -0.1) is 0 Å². The zero-order chi connectivity index (χ0) is 22.0. The van der Waals surface area contributed by atoms with Crippen LogP contribution in [0.25, 0.3) is 22.4 Å². The Hall–Kier alpha value is -3.42. The van der Waals surface area contributed by atoms with E-state index < -0.39 is 17.5 Å². The summed E-state index contributed by atoms with van der Waals surface area (Å²) in [6, 6.07) is 9.00. The number of amides is 1. The summed E-state index contributed by atoms with van der Waals surface area (Å²) >= 11 is 0. The second kappa shape index (κ2) is 8.75. The number of aromatic hydroxyl groups is 2. The van der Waals surface area contributed by atoms with E-state index in [-0.39, 0.29) is 17.6 Å². The van der Waals surface area contributed by atoms with E-state index in [1.165, 1.54) is 6.42 Å². The zero-order valence-electron chi connectivity index (χ0n) is 17.6. The molecular formula is C23H26N4O4. The third kappa shape index (κ3) is 4.23. The van der Waals surface area contributed by atoms with Gasteiger partial charge in [0.25, 0.3) is 11.8 Å². The third-order valence-corrected chi connectivity index (χ3v) is 5.92. The van der Waals surface area contributed by atoms with Gasteiger partial charge in [0.05, 0.1) is 12.6 Å². The van der Waals surface area contributed by atoms with Crippen LogP contribution in [0.15, 0.2) is 30.3 Å². The predicted molar refractivity (Wildman–Crippen MR) is 116 cm³/mol. The Balaban J connectivity index is 1.68. The molecule has 8 heteroatoms. The zero-order valence-corrected chi connectivity index (χ0v) is 17.6. The Morgan fingerprint density at radius 3 is 2.61 bits per heavy atom. The van der Waals surface area contributed by atoms with E-state index in [4.69, 9.17) is 4.74 Å². The van der Waals surface area contributed by atoms with Gasteiger partial charge in [0.15, 0.2) is 11.5 Å². The molecule has 1 unspecified atom stereocenters. The Bertz CT molecular complexity index is 1110. The van der Waals surface area contributed by atoms with Crippen LogP contribution in [0, 0.1) is 5.92 Å². The summed E-state index contributed by atoms with van der Waals surface area (Å²) in [4.78, 5) is 25.6. The van der Waals surface area contributed by atoms with Crippen LogP contribution in [0.2, 0.25) is 0 Å². The van der Waals surface area contributed by atoms with Gasteiger partial charge in [0.1, 0.15) is 11.4 Å². The summed E-state index contributed by atoms with van der Waals surface area (Å²) in [5.74, 6) is -0.897. The van der Waals surface area contributed by atoms with Gasteiger partial charge in [-0.1, -0.05) is 31.4 Å². The first-order valence-electron chi connectivity index (χ1n) is 10.5. The monoisotopic (exact) mass is 422 g/mol. The smallest absolute Gasteiger partial charge is 0.274 e. The number of ether oxygens (including phenoxy) is 1. The van der Waals surface area contributed by atoms with Crippen molar-refractivity contribution in [1.82, 2.24) is 20.3 Å². The molecular weight excluding hydrogens is 396 g/mol. The molecule has 1 amide bonds. The molecule has 1 fully saturated rings. The van der Waals surface area contributed by atoms with Crippen LogP contribution in [0.3, 0.4) is 0 Å². The van der Waals surface area contributed by atoms with Gasteiger partial charge < -0.3 is 20.3 Å². The highest BCUT2D eigenvalue weighted by atomic mass is 16.5. The highest BCUT2D eigenvalue weighted by molar-refractivity contribution is 5.96. The van der Waals surface area contributed by atoms with Gasteiger partial charge >= 0.3 is 0 Å². The summed E-state index contributed by atoms with van der Waals surface area (Å²) in [5.41, 5.74) is 0.698. The molecule has 0 radical (unpaired) electrons. The number of nitrogens with zero attached hydrogens (tertiary/aromatic N) is 3. The number of aromatic nitrogens is 3. The van der Waals surface area contributed by atoms with E-state index in [1.807, 2.05) is 31.2 Å². The van der Waals surface area contributed by atoms with Crippen LogP contribution in [0.5, 0.6) is 17.4 Å². The topological polar surface area (TPSA) is 117 Å². The summed E-state index contributed by atoms with van der Waals surface area (Å²) in [6.07, 6.45) is 5.67. The predicted octanol–water partition coefficient (Wildman–Crippen LogP) is 3.81. The lowest BCUT2D eigenvalue weighted by molar-refractivity contribution is 0.0910. The largest absolute Gasteiger partial charge is 0.501 e. The second-order valence-corrected chi connectivity index (χ2v) is 7.96. The second-order valence-electron chi connectivity index (χ2n) is 7.96. The van der Waals surface area contributed by atoms with E-state index in [1.54, 1.807) is 13.2 Å². The number of para-hydroxylation sites is 1. The van der Waals surface area contributed by atoms with Crippen LogP contribution < -0.4 is 10.1 Å². The van der Waals surface area contributed by atoms with Crippen molar-refractivity contribution in [2.75, 3.05) is 7.11 Å². The molecule has 4 rings (SSSR count). The lowest BCUT2D eigenvalue weighted by Crippen LogP contribution is -2.39. The summed E-state index contributed by atoms with van der Waals surface area (Å²) in [5, 5.41) is 24.2. The standard InChI is InChI=1S/C23H26N4O4/c1-13(14-8-4-3-5-9-14)24-22(29)19-20(28)23(30)27-21(26-19)17-12-18(31-2)15-10-6-7-11-16(15)25-17/h6-7,10-14,28H,3-5,8-9H2,1-2H3,(H,24,29)(H,26,27,30). The molecule has 162 valence electrons. The lowest BCUT2D eigenvalue weighted by Gasteiger charge is -2.28. The molecule has 3 aromatic rings. The number of nitrogens with one attached hydrogen (secondary N) is 1. The van der Waals surface area contributed by atoms with Crippen LogP contribution in [0.1, 0.15) is 49.5 Å². The van der Waals surface area contributed by atoms with Crippen LogP contribution >= 0.6 is 0 Å². The van der Waals surface area contributed by atoms with E-state index in [2.05, 4.69) is 20.3 Å². The molecule has 8 nitrogen and oxygen atoms in total. The fourth-order valence-electron chi connectivity index (χ4n) is 4.17. The fraction of sp³-hybridized carbons (Fsp3) is 0.391. The quantitative estimate of drug-likeness (QED) is 0.572. The van der Waals surface area contributed by atoms with Gasteiger partial charge in [-0.25, -0.2) is 9.97 Å². The minimum atomic E-state index is -0.672. The fourth-order valence-corrected chi connectivity index (χ4v) is 4.17. The molecule has 3 N–H and O–H groups in total. The molecule has 2 aromatic heterocycles. The maximum atomic E-state index is 12.9. The van der Waals surface area contributed by atoms with Gasteiger partial charge in [-0.05, 0) is 37.8 Å². The summed E-state index contributed by atoms with van der Waals surface area (Å²) < 4.78 is 5.45. The SMILES string of the molecule is COc1cc(-c2nc(O)c(O)c(C(=O)NC(C)C3CCCCC3)n2)nc2ccccc12. The number of hydrogen-bond acceptors (Lipinski definition) is 7. The van der Waals surface area contributed by atoms with Crippen molar-refractivity contribution in [2.45, 2.75) is 45.1 Å². The maximum Gasteiger partial charge on any atom is 0.274 e. The first kappa shape index (κ1) is 20.8. The van der Waals surface area contributed by atoms with Crippen molar-refractivity contribution in [3.63, 3.8) is 0 Å². The molecule has 1 atom stereocenters. The first-order valence-corrected chi connectivity index (χ1v) is 10.5. The minimum Gasteiger partial charge on any atom is -0.501 e. The highest BCUT2D eigenvalue weighted by Gasteiger charge is 2.26. The minimum absolute atomic E-state index is 0.0230. The third-order valence-electron chi connectivity index (χ3n) is 5.92. The van der Waals surface area contributed by atoms with Gasteiger partial charge in [0, 0.05) is 17.5 Å². The van der Waals surface area contributed by atoms with E-state index in [9.17, 15) is 15.0 Å². The molecule has 1 aliphatic carbocycles. The van der Waals surface area contributed by atoms with Crippen molar-refractivity contribution in [3.05, 3.63) is 36.0 Å². The number of carbonyl (C=O) groups excluding carboxylic acids is 1. The highest BCUT2D eigenvalue weighted by Crippen LogP contribution is 2.32. The molecule has 0 aliphatic heterocycles. The number of benzene rings is 1. The average molecular weight is 422 g/mol. The Morgan fingerprint density at radius 2 is 1.87 bits per heavy atom. The first-order chi connectivity index (χ1) is 15.0. The van der Waals surface area contributed by atoms with Crippen molar-refractivity contribution >= 4 is 16.8 Å². The normalized spacial score (nSPS) is 15.5. The molecule has 0 bridgehead atoms. The van der Waals surface area contributed by atoms with Crippen molar-refractivity contribution in [3.8, 4) is 28.9 Å². The van der Waals surface area contributed by atoms with Gasteiger partial charge in [-0.3, -0.25) is 4.79 Å². The molecule has 1 aromatic carbocycles. The summed E-state index contributed by atoms with van der Waals surface area (Å²) in [7, 11) is 1.55. The number of carbonyl (C=O) groups is 1. The molecule has 0 spiro atoms. The number of fused-ring (bicyclic) bond motifs is 1. The molecule has 0 saturated heterocycles. The summed E-state index contributed by atoms with van der Waals surface area (Å²) in [6.45, 7) is 1.96. The van der Waals surface area contributed by atoms with Crippen LogP contribution in [-0.2, 0) is 0 Å². The average Bonchev–Trinajstić information content (AvgIpc) is 2.80. The maximum absolute atomic E-state index is 12.9. The van der Waals surface area contributed by atoms with E-state index >= 15 is 0 Å². The van der Waals surface area contributed by atoms with Crippen molar-refractivity contribution in [2.24, 2.45) is 5.92 Å². The molecule has 1 aliphatic rings. The van der Waals surface area contributed by atoms with Crippen LogP contribution in [-0.4, -0.2) is 44.2 Å². The Morgan fingerprint density at radius 1 is 1.13 bits per heavy atom. The van der Waals surface area contributed by atoms with Crippen molar-refractivity contribution in [1.29, 1.82) is 0 Å². The van der Waals surface area contributed by atoms with Gasteiger partial charge in [-0.2, -0.15) is 4.98 Å². The van der Waals surface area contributed by atoms with Crippen LogP contribution in [0.4, 0.5) is 0 Å². The van der Waals surface area contributed by atoms with E-state index in [0.717, 1.165) is 31.1 Å². The molecule has 2 heterocycles. The number of rotatable bonds is 5. The number of pyridine rings is 1. The molecule has 31 heavy (non-hydrogen) atoms. The van der Waals surface area contributed by atoms with E-state index in [0.29, 0.717) is 22.9 Å². The Kier molecular flexibility index (Phi) is 5.88. The Labute approximate surface area is 180 Å².